The number of hydrogen-bond acceptors (Lipinski definition) is 1. The lowest BCUT2D eigenvalue weighted by molar-refractivity contribution is 0.415. The van der Waals surface area contributed by atoms with Crippen molar-refractivity contribution in [3.8, 4) is 5.75 Å². The van der Waals surface area contributed by atoms with E-state index in [2.05, 4.69) is 0 Å². The van der Waals surface area contributed by atoms with Crippen LogP contribution in [0.25, 0.3) is 0 Å². The van der Waals surface area contributed by atoms with E-state index in [4.69, 9.17) is 39.5 Å². The Labute approximate surface area is 145 Å². The van der Waals surface area contributed by atoms with Crippen LogP contribution in [0.5, 0.6) is 5.75 Å². The molecule has 0 N–H and O–H groups in total. The summed E-state index contributed by atoms with van der Waals surface area (Å²) in [5.74, 6) is 0.180. The van der Waals surface area contributed by atoms with Gasteiger partial charge in [-0.1, -0.05) is 29.3 Å². The highest BCUT2D eigenvalue weighted by Gasteiger charge is 2.19. The zero-order chi connectivity index (χ0) is 14.9. The van der Waals surface area contributed by atoms with Gasteiger partial charge in [-0.25, -0.2) is 4.39 Å². The van der Waals surface area contributed by atoms with Gasteiger partial charge < -0.3 is 4.74 Å². The van der Waals surface area contributed by atoms with E-state index < -0.39 is 5.38 Å². The molecule has 2 aromatic rings. The van der Waals surface area contributed by atoms with Gasteiger partial charge in [0.15, 0.2) is 0 Å². The quantitative estimate of drug-likeness (QED) is 0.411. The molecule has 2 aromatic carbocycles. The molecule has 0 aliphatic rings. The van der Waals surface area contributed by atoms with E-state index >= 15 is 0 Å². The average molecular weight is 445 g/mol. The number of ether oxygens (including phenoxy) is 1. The largest absolute Gasteiger partial charge is 0.495 e. The van der Waals surface area contributed by atoms with E-state index in [0.717, 1.165) is 9.13 Å². The summed E-state index contributed by atoms with van der Waals surface area (Å²) in [5.41, 5.74) is 1.43. The maximum atomic E-state index is 13.1. The van der Waals surface area contributed by atoms with Crippen molar-refractivity contribution in [2.24, 2.45) is 0 Å². The number of alkyl halides is 1. The Balaban J connectivity index is 2.48. The van der Waals surface area contributed by atoms with E-state index in [-0.39, 0.29) is 5.82 Å². The first-order chi connectivity index (χ1) is 9.43. The van der Waals surface area contributed by atoms with E-state index in [1.54, 1.807) is 18.2 Å². The predicted octanol–water partition coefficient (Wildman–Crippen LogP) is 6.07. The Bertz CT molecular complexity index is 649. The Morgan fingerprint density at radius 1 is 1.10 bits per heavy atom. The summed E-state index contributed by atoms with van der Waals surface area (Å²) in [6.07, 6.45) is 0. The number of methoxy groups -OCH3 is 1. The second-order valence-corrected chi connectivity index (χ2v) is 6.45. The first kappa shape index (κ1) is 16.1. The Morgan fingerprint density at radius 2 is 1.80 bits per heavy atom. The summed E-state index contributed by atoms with van der Waals surface area (Å²) in [6, 6.07) is 7.71. The molecule has 0 radical (unpaired) electrons. The molecule has 20 heavy (non-hydrogen) atoms. The monoisotopic (exact) mass is 444 g/mol. The SMILES string of the molecule is COc1cc(Cl)c(C(Cl)c2ccc(F)cc2I)cc1Cl. The van der Waals surface area contributed by atoms with Crippen LogP contribution in [-0.4, -0.2) is 7.11 Å². The molecule has 1 atom stereocenters. The van der Waals surface area contributed by atoms with Gasteiger partial charge in [0, 0.05) is 14.7 Å². The van der Waals surface area contributed by atoms with Gasteiger partial charge >= 0.3 is 0 Å². The van der Waals surface area contributed by atoms with E-state index in [1.807, 2.05) is 22.6 Å². The minimum absolute atomic E-state index is 0.305. The highest BCUT2D eigenvalue weighted by Crippen LogP contribution is 2.40. The first-order valence-electron chi connectivity index (χ1n) is 5.56. The van der Waals surface area contributed by atoms with Gasteiger partial charge in [-0.3, -0.25) is 0 Å². The molecular weight excluding hydrogens is 436 g/mol. The fourth-order valence-electron chi connectivity index (χ4n) is 1.77. The lowest BCUT2D eigenvalue weighted by atomic mass is 10.0. The van der Waals surface area contributed by atoms with Crippen LogP contribution in [0.1, 0.15) is 16.5 Å². The van der Waals surface area contributed by atoms with Crippen molar-refractivity contribution in [2.45, 2.75) is 5.38 Å². The zero-order valence-corrected chi connectivity index (χ0v) is 14.7. The topological polar surface area (TPSA) is 9.23 Å². The second-order valence-electron chi connectivity index (χ2n) is 4.04. The van der Waals surface area contributed by atoms with Gasteiger partial charge in [0.25, 0.3) is 0 Å². The zero-order valence-electron chi connectivity index (χ0n) is 10.3. The van der Waals surface area contributed by atoms with Gasteiger partial charge in [-0.2, -0.15) is 0 Å². The van der Waals surface area contributed by atoms with Crippen molar-refractivity contribution in [3.05, 3.63) is 60.9 Å². The normalized spacial score (nSPS) is 12.3. The third-order valence-electron chi connectivity index (χ3n) is 2.78. The van der Waals surface area contributed by atoms with Crippen molar-refractivity contribution in [1.82, 2.24) is 0 Å². The van der Waals surface area contributed by atoms with Crippen LogP contribution in [-0.2, 0) is 0 Å². The molecule has 0 spiro atoms. The second kappa shape index (κ2) is 6.69. The van der Waals surface area contributed by atoms with Crippen LogP contribution < -0.4 is 4.74 Å². The van der Waals surface area contributed by atoms with E-state index in [9.17, 15) is 4.39 Å². The smallest absolute Gasteiger partial charge is 0.138 e. The van der Waals surface area contributed by atoms with Crippen LogP contribution >= 0.6 is 57.4 Å². The highest BCUT2D eigenvalue weighted by atomic mass is 127. The summed E-state index contributed by atoms with van der Waals surface area (Å²) in [6.45, 7) is 0. The molecule has 6 heteroatoms. The first-order valence-corrected chi connectivity index (χ1v) is 7.83. The maximum absolute atomic E-state index is 13.1. The minimum Gasteiger partial charge on any atom is -0.495 e. The molecule has 0 aromatic heterocycles. The van der Waals surface area contributed by atoms with Crippen LogP contribution in [0.4, 0.5) is 4.39 Å². The van der Waals surface area contributed by atoms with Crippen LogP contribution in [0.15, 0.2) is 30.3 Å². The molecule has 2 rings (SSSR count). The number of halogens is 5. The van der Waals surface area contributed by atoms with Crippen LogP contribution in [0.3, 0.4) is 0 Å². The lowest BCUT2D eigenvalue weighted by Crippen LogP contribution is -1.99. The molecule has 0 bridgehead atoms. The summed E-state index contributed by atoms with van der Waals surface area (Å²) in [4.78, 5) is 0. The summed E-state index contributed by atoms with van der Waals surface area (Å²) >= 11 is 20.8. The van der Waals surface area contributed by atoms with Gasteiger partial charge in [-0.05, 0) is 51.9 Å². The molecule has 0 aliphatic carbocycles. The molecular formula is C14H9Cl3FIO. The number of rotatable bonds is 3. The van der Waals surface area contributed by atoms with Crippen molar-refractivity contribution in [2.75, 3.05) is 7.11 Å². The molecule has 0 fully saturated rings. The molecule has 0 saturated heterocycles. The summed E-state index contributed by atoms with van der Waals surface area (Å²) < 4.78 is 19.0. The van der Waals surface area contributed by atoms with Gasteiger partial charge in [0.2, 0.25) is 0 Å². The van der Waals surface area contributed by atoms with Crippen molar-refractivity contribution >= 4 is 57.4 Å². The van der Waals surface area contributed by atoms with E-state index in [1.165, 1.54) is 19.2 Å². The van der Waals surface area contributed by atoms with E-state index in [0.29, 0.717) is 21.4 Å². The molecule has 1 unspecified atom stereocenters. The molecule has 0 saturated carbocycles. The highest BCUT2D eigenvalue weighted by molar-refractivity contribution is 14.1. The predicted molar refractivity (Wildman–Crippen MR) is 89.8 cm³/mol. The number of hydrogen-bond donors (Lipinski definition) is 0. The van der Waals surface area contributed by atoms with Crippen LogP contribution in [0, 0.1) is 9.39 Å². The summed E-state index contributed by atoms with van der Waals surface area (Å²) in [7, 11) is 1.51. The standard InChI is InChI=1S/C14H9Cl3FIO/c1-20-13-6-10(15)9(5-11(13)16)14(17)8-3-2-7(18)4-12(8)19/h2-6,14H,1H3. The van der Waals surface area contributed by atoms with Gasteiger partial charge in [0.1, 0.15) is 11.6 Å². The fourth-order valence-corrected chi connectivity index (χ4v) is 3.68. The molecule has 106 valence electrons. The van der Waals surface area contributed by atoms with Crippen molar-refractivity contribution in [3.63, 3.8) is 0 Å². The third-order valence-corrected chi connectivity index (χ3v) is 4.81. The average Bonchev–Trinajstić information content (AvgIpc) is 2.40. The Morgan fingerprint density at radius 3 is 2.40 bits per heavy atom. The fraction of sp³-hybridized carbons (Fsp3) is 0.143. The lowest BCUT2D eigenvalue weighted by Gasteiger charge is -2.15. The molecule has 0 amide bonds. The Kier molecular flexibility index (Phi) is 5.40. The van der Waals surface area contributed by atoms with Crippen molar-refractivity contribution < 1.29 is 9.13 Å². The van der Waals surface area contributed by atoms with Crippen molar-refractivity contribution in [1.29, 1.82) is 0 Å². The minimum atomic E-state index is -0.515. The van der Waals surface area contributed by atoms with Gasteiger partial charge in [-0.15, -0.1) is 11.6 Å². The third kappa shape index (κ3) is 3.32. The summed E-state index contributed by atoms with van der Waals surface area (Å²) in [5, 5.41) is 0.361. The molecule has 0 aliphatic heterocycles. The Hall–Kier alpha value is -0.230. The maximum Gasteiger partial charge on any atom is 0.138 e. The number of benzene rings is 2. The van der Waals surface area contributed by atoms with Gasteiger partial charge in [0.05, 0.1) is 17.5 Å². The molecule has 0 heterocycles. The van der Waals surface area contributed by atoms with Crippen LogP contribution in [0.2, 0.25) is 10.0 Å². The molecule has 1 nitrogen and oxygen atoms in total.